The quantitative estimate of drug-likeness (QED) is 0.717. The van der Waals surface area contributed by atoms with Crippen LogP contribution in [0.25, 0.3) is 0 Å². The van der Waals surface area contributed by atoms with Crippen molar-refractivity contribution in [2.24, 2.45) is 0 Å². The smallest absolute Gasteiger partial charge is 0.255 e. The van der Waals surface area contributed by atoms with Crippen LogP contribution in [0.1, 0.15) is 27.0 Å². The van der Waals surface area contributed by atoms with Crippen LogP contribution in [0.15, 0.2) is 72.8 Å². The van der Waals surface area contributed by atoms with Crippen LogP contribution in [0.4, 0.5) is 5.69 Å². The first-order valence-electron chi connectivity index (χ1n) is 9.55. The topological polar surface area (TPSA) is 41.6 Å². The van der Waals surface area contributed by atoms with Crippen molar-refractivity contribution in [2.75, 3.05) is 19.0 Å². The molecular weight excluding hydrogens is 348 g/mol. The molecule has 0 aromatic heterocycles. The molecule has 0 atom stereocenters. The molecule has 1 amide bonds. The average molecular weight is 372 g/mol. The molecule has 3 aromatic rings. The Bertz CT molecular complexity index is 966. The molecule has 1 aliphatic heterocycles. The molecule has 0 saturated carbocycles. The SMILES string of the molecule is COc1ccccc1NC(=O)c1ccc(CN2CCc3ccccc3C2)cc1. The monoisotopic (exact) mass is 372 g/mol. The van der Waals surface area contributed by atoms with Crippen molar-refractivity contribution in [3.8, 4) is 5.75 Å². The molecule has 0 aliphatic carbocycles. The zero-order valence-electron chi connectivity index (χ0n) is 16.0. The number of nitrogens with one attached hydrogen (secondary N) is 1. The molecule has 142 valence electrons. The number of amides is 1. The maximum Gasteiger partial charge on any atom is 0.255 e. The minimum Gasteiger partial charge on any atom is -0.495 e. The number of hydrogen-bond acceptors (Lipinski definition) is 3. The van der Waals surface area contributed by atoms with Gasteiger partial charge in [-0.1, -0.05) is 48.5 Å². The maximum absolute atomic E-state index is 12.5. The van der Waals surface area contributed by atoms with Crippen LogP contribution in [0.2, 0.25) is 0 Å². The highest BCUT2D eigenvalue weighted by Gasteiger charge is 2.16. The van der Waals surface area contributed by atoms with E-state index in [4.69, 9.17) is 4.74 Å². The van der Waals surface area contributed by atoms with Crippen molar-refractivity contribution in [1.29, 1.82) is 0 Å². The van der Waals surface area contributed by atoms with E-state index in [1.165, 1.54) is 16.7 Å². The zero-order chi connectivity index (χ0) is 19.3. The number of hydrogen-bond donors (Lipinski definition) is 1. The van der Waals surface area contributed by atoms with Gasteiger partial charge in [0.1, 0.15) is 5.75 Å². The molecular formula is C24H24N2O2. The zero-order valence-corrected chi connectivity index (χ0v) is 16.0. The number of carbonyl (C=O) groups is 1. The average Bonchev–Trinajstić information content (AvgIpc) is 2.74. The van der Waals surface area contributed by atoms with Gasteiger partial charge in [0.2, 0.25) is 0 Å². The molecule has 1 aliphatic rings. The third-order valence-electron chi connectivity index (χ3n) is 5.19. The summed E-state index contributed by atoms with van der Waals surface area (Å²) in [6, 6.07) is 23.9. The van der Waals surface area contributed by atoms with Gasteiger partial charge in [-0.3, -0.25) is 9.69 Å². The fraction of sp³-hybridized carbons (Fsp3) is 0.208. The molecule has 0 radical (unpaired) electrons. The third kappa shape index (κ3) is 4.07. The predicted molar refractivity (Wildman–Crippen MR) is 112 cm³/mol. The molecule has 1 N–H and O–H groups in total. The fourth-order valence-electron chi connectivity index (χ4n) is 3.65. The first-order chi connectivity index (χ1) is 13.7. The standard InChI is InChI=1S/C24H24N2O2/c1-28-23-9-5-4-8-22(23)25-24(27)20-12-10-18(11-13-20)16-26-15-14-19-6-2-3-7-21(19)17-26/h2-13H,14-17H2,1H3,(H,25,27). The van der Waals surface area contributed by atoms with E-state index < -0.39 is 0 Å². The lowest BCUT2D eigenvalue weighted by Crippen LogP contribution is -2.29. The Morgan fingerprint density at radius 3 is 2.46 bits per heavy atom. The van der Waals surface area contributed by atoms with Crippen molar-refractivity contribution in [3.05, 3.63) is 95.1 Å². The number of anilines is 1. The molecule has 4 heteroatoms. The minimum absolute atomic E-state index is 0.136. The van der Waals surface area contributed by atoms with Gasteiger partial charge in [-0.2, -0.15) is 0 Å². The first-order valence-corrected chi connectivity index (χ1v) is 9.55. The molecule has 0 bridgehead atoms. The summed E-state index contributed by atoms with van der Waals surface area (Å²) in [5.74, 6) is 0.515. The summed E-state index contributed by atoms with van der Waals surface area (Å²) < 4.78 is 5.29. The summed E-state index contributed by atoms with van der Waals surface area (Å²) >= 11 is 0. The van der Waals surface area contributed by atoms with Crippen LogP contribution in [0.3, 0.4) is 0 Å². The minimum atomic E-state index is -0.136. The Morgan fingerprint density at radius 2 is 1.68 bits per heavy atom. The largest absolute Gasteiger partial charge is 0.495 e. The highest BCUT2D eigenvalue weighted by molar-refractivity contribution is 6.05. The second kappa shape index (κ2) is 8.28. The van der Waals surface area contributed by atoms with Gasteiger partial charge >= 0.3 is 0 Å². The van der Waals surface area contributed by atoms with Gasteiger partial charge in [-0.15, -0.1) is 0 Å². The van der Waals surface area contributed by atoms with Gasteiger partial charge in [0.25, 0.3) is 5.91 Å². The molecule has 0 unspecified atom stereocenters. The van der Waals surface area contributed by atoms with E-state index in [9.17, 15) is 4.79 Å². The van der Waals surface area contributed by atoms with E-state index in [2.05, 4.69) is 34.5 Å². The van der Waals surface area contributed by atoms with Gasteiger partial charge in [0.05, 0.1) is 12.8 Å². The Morgan fingerprint density at radius 1 is 0.964 bits per heavy atom. The van der Waals surface area contributed by atoms with Crippen molar-refractivity contribution >= 4 is 11.6 Å². The number of ether oxygens (including phenoxy) is 1. The van der Waals surface area contributed by atoms with Crippen LogP contribution in [0, 0.1) is 0 Å². The summed E-state index contributed by atoms with van der Waals surface area (Å²) in [5, 5.41) is 2.92. The van der Waals surface area contributed by atoms with Gasteiger partial charge in [0.15, 0.2) is 0 Å². The van der Waals surface area contributed by atoms with Gasteiger partial charge < -0.3 is 10.1 Å². The lowest BCUT2D eigenvalue weighted by molar-refractivity contribution is 0.102. The van der Waals surface area contributed by atoms with Gasteiger partial charge in [-0.25, -0.2) is 0 Å². The number of rotatable bonds is 5. The number of para-hydroxylation sites is 2. The molecule has 0 spiro atoms. The lowest BCUT2D eigenvalue weighted by atomic mass is 9.99. The van der Waals surface area contributed by atoms with Crippen LogP contribution < -0.4 is 10.1 Å². The maximum atomic E-state index is 12.5. The number of nitrogens with zero attached hydrogens (tertiary/aromatic N) is 1. The molecule has 0 saturated heterocycles. The summed E-state index contributed by atoms with van der Waals surface area (Å²) in [5.41, 5.74) is 5.40. The van der Waals surface area contributed by atoms with E-state index in [-0.39, 0.29) is 5.91 Å². The summed E-state index contributed by atoms with van der Waals surface area (Å²) in [7, 11) is 1.60. The number of fused-ring (bicyclic) bond motifs is 1. The Hall–Kier alpha value is -3.11. The van der Waals surface area contributed by atoms with E-state index in [1.807, 2.05) is 48.5 Å². The van der Waals surface area contributed by atoms with Gasteiger partial charge in [-0.05, 0) is 47.4 Å². The molecule has 4 nitrogen and oxygen atoms in total. The van der Waals surface area contributed by atoms with Crippen LogP contribution >= 0.6 is 0 Å². The molecule has 0 fully saturated rings. The van der Waals surface area contributed by atoms with E-state index in [0.717, 1.165) is 26.1 Å². The Labute approximate surface area is 165 Å². The Balaban J connectivity index is 1.39. The number of methoxy groups -OCH3 is 1. The van der Waals surface area contributed by atoms with Crippen molar-refractivity contribution < 1.29 is 9.53 Å². The molecule has 1 heterocycles. The lowest BCUT2D eigenvalue weighted by Gasteiger charge is -2.28. The van der Waals surface area contributed by atoms with Crippen LogP contribution in [-0.2, 0) is 19.5 Å². The normalized spacial score (nSPS) is 13.6. The van der Waals surface area contributed by atoms with E-state index in [0.29, 0.717) is 17.0 Å². The summed E-state index contributed by atoms with van der Waals surface area (Å²) in [4.78, 5) is 15.0. The number of benzene rings is 3. The Kier molecular flexibility index (Phi) is 5.40. The summed E-state index contributed by atoms with van der Waals surface area (Å²) in [6.07, 6.45) is 1.09. The predicted octanol–water partition coefficient (Wildman–Crippen LogP) is 4.51. The third-order valence-corrected chi connectivity index (χ3v) is 5.19. The highest BCUT2D eigenvalue weighted by Crippen LogP contribution is 2.24. The van der Waals surface area contributed by atoms with Crippen LogP contribution in [0.5, 0.6) is 5.75 Å². The van der Waals surface area contributed by atoms with Crippen molar-refractivity contribution in [2.45, 2.75) is 19.5 Å². The second-order valence-corrected chi connectivity index (χ2v) is 7.08. The molecule has 4 rings (SSSR count). The fourth-order valence-corrected chi connectivity index (χ4v) is 3.65. The first kappa shape index (κ1) is 18.3. The van der Waals surface area contributed by atoms with Crippen LogP contribution in [-0.4, -0.2) is 24.5 Å². The molecule has 3 aromatic carbocycles. The number of carbonyl (C=O) groups excluding carboxylic acids is 1. The van der Waals surface area contributed by atoms with E-state index in [1.54, 1.807) is 7.11 Å². The second-order valence-electron chi connectivity index (χ2n) is 7.08. The van der Waals surface area contributed by atoms with Crippen molar-refractivity contribution in [1.82, 2.24) is 4.90 Å². The van der Waals surface area contributed by atoms with Crippen molar-refractivity contribution in [3.63, 3.8) is 0 Å². The highest BCUT2D eigenvalue weighted by atomic mass is 16.5. The molecule has 28 heavy (non-hydrogen) atoms. The summed E-state index contributed by atoms with van der Waals surface area (Å²) in [6.45, 7) is 2.93. The van der Waals surface area contributed by atoms with Gasteiger partial charge in [0, 0.05) is 25.2 Å². The van der Waals surface area contributed by atoms with E-state index >= 15 is 0 Å².